The molecule has 0 saturated carbocycles. The minimum atomic E-state index is -0.178. The van der Waals surface area contributed by atoms with E-state index in [0.717, 1.165) is 28.6 Å². The summed E-state index contributed by atoms with van der Waals surface area (Å²) in [5.41, 5.74) is 1.72. The number of ether oxygens (including phenoxy) is 1. The van der Waals surface area contributed by atoms with Crippen LogP contribution in [0.15, 0.2) is 70.5 Å². The van der Waals surface area contributed by atoms with E-state index in [1.54, 1.807) is 28.4 Å². The normalized spacial score (nSPS) is 16.0. The van der Waals surface area contributed by atoms with Gasteiger partial charge in [0.05, 0.1) is 6.04 Å². The highest BCUT2D eigenvalue weighted by atomic mass is 79.9. The molecule has 4 rings (SSSR count). The van der Waals surface area contributed by atoms with Gasteiger partial charge in [0.15, 0.2) is 0 Å². The molecule has 3 aromatic rings. The molecule has 178 valence electrons. The molecule has 0 aliphatic carbocycles. The van der Waals surface area contributed by atoms with Crippen LogP contribution in [0, 0.1) is 0 Å². The van der Waals surface area contributed by atoms with Crippen molar-refractivity contribution in [3.8, 4) is 5.75 Å². The summed E-state index contributed by atoms with van der Waals surface area (Å²) in [5, 5.41) is 2.08. The van der Waals surface area contributed by atoms with Crippen LogP contribution >= 0.6 is 27.3 Å². The maximum atomic E-state index is 13.7. The number of para-hydroxylation sites is 1. The molecule has 2 amide bonds. The zero-order valence-corrected chi connectivity index (χ0v) is 21.8. The molecule has 1 aromatic heterocycles. The van der Waals surface area contributed by atoms with Crippen molar-refractivity contribution >= 4 is 39.1 Å². The van der Waals surface area contributed by atoms with Crippen LogP contribution in [-0.2, 0) is 11.2 Å². The lowest BCUT2D eigenvalue weighted by molar-refractivity contribution is -0.136. The molecular weight excluding hydrogens is 512 g/mol. The molecule has 2 atom stereocenters. The number of rotatable bonds is 8. The van der Waals surface area contributed by atoms with Gasteiger partial charge in [-0.25, -0.2) is 0 Å². The lowest BCUT2D eigenvalue weighted by Crippen LogP contribution is -2.49. The van der Waals surface area contributed by atoms with Crippen LogP contribution in [0.3, 0.4) is 0 Å². The Kier molecular flexibility index (Phi) is 8.06. The van der Waals surface area contributed by atoms with Crippen molar-refractivity contribution in [2.75, 3.05) is 19.7 Å². The molecule has 2 heterocycles. The summed E-state index contributed by atoms with van der Waals surface area (Å²) >= 11 is 5.17. The summed E-state index contributed by atoms with van der Waals surface area (Å²) in [6.07, 6.45) is 1.59. The summed E-state index contributed by atoms with van der Waals surface area (Å²) in [4.78, 5) is 31.9. The second kappa shape index (κ2) is 11.2. The number of fused-ring (bicyclic) bond motifs is 1. The molecule has 5 nitrogen and oxygen atoms in total. The van der Waals surface area contributed by atoms with Gasteiger partial charge >= 0.3 is 0 Å². The molecule has 1 aliphatic heterocycles. The lowest BCUT2D eigenvalue weighted by atomic mass is 10.00. The number of amides is 2. The van der Waals surface area contributed by atoms with Gasteiger partial charge in [0.2, 0.25) is 5.91 Å². The van der Waals surface area contributed by atoms with Crippen LogP contribution in [0.1, 0.15) is 47.1 Å². The van der Waals surface area contributed by atoms with Crippen LogP contribution in [0.5, 0.6) is 5.75 Å². The molecule has 0 spiro atoms. The first kappa shape index (κ1) is 24.5. The minimum absolute atomic E-state index is 0.0433. The number of thiophene rings is 1. The number of hydrogen-bond donors (Lipinski definition) is 0. The molecule has 0 fully saturated rings. The van der Waals surface area contributed by atoms with E-state index in [9.17, 15) is 9.59 Å². The Morgan fingerprint density at radius 2 is 1.97 bits per heavy atom. The highest BCUT2D eigenvalue weighted by Crippen LogP contribution is 2.34. The Morgan fingerprint density at radius 3 is 2.71 bits per heavy atom. The average Bonchev–Trinajstić information content (AvgIpc) is 3.34. The van der Waals surface area contributed by atoms with Gasteiger partial charge in [-0.2, -0.15) is 0 Å². The molecule has 0 saturated heterocycles. The molecule has 34 heavy (non-hydrogen) atoms. The Labute approximate surface area is 213 Å². The van der Waals surface area contributed by atoms with Gasteiger partial charge in [-0.1, -0.05) is 47.1 Å². The fraction of sp³-hybridized carbons (Fsp3) is 0.333. The summed E-state index contributed by atoms with van der Waals surface area (Å²) in [6.45, 7) is 5.07. The topological polar surface area (TPSA) is 49.9 Å². The number of carbonyl (C=O) groups excluding carboxylic acids is 2. The predicted molar refractivity (Wildman–Crippen MR) is 139 cm³/mol. The van der Waals surface area contributed by atoms with Crippen molar-refractivity contribution in [2.45, 2.75) is 38.8 Å². The van der Waals surface area contributed by atoms with E-state index >= 15 is 0 Å². The Morgan fingerprint density at radius 1 is 1.18 bits per heavy atom. The monoisotopic (exact) mass is 540 g/mol. The van der Waals surface area contributed by atoms with Gasteiger partial charge in [-0.05, 0) is 67.1 Å². The van der Waals surface area contributed by atoms with E-state index in [2.05, 4.69) is 27.4 Å². The van der Waals surface area contributed by atoms with E-state index < -0.39 is 0 Å². The van der Waals surface area contributed by atoms with Crippen LogP contribution in [0.4, 0.5) is 0 Å². The van der Waals surface area contributed by atoms with E-state index in [0.29, 0.717) is 18.7 Å². The molecule has 2 unspecified atom stereocenters. The molecule has 0 bridgehead atoms. The van der Waals surface area contributed by atoms with Crippen molar-refractivity contribution < 1.29 is 14.3 Å². The summed E-state index contributed by atoms with van der Waals surface area (Å²) in [6, 6.07) is 18.9. The fourth-order valence-electron chi connectivity index (χ4n) is 4.24. The largest absolute Gasteiger partial charge is 0.491 e. The fourth-order valence-corrected chi connectivity index (χ4v) is 5.57. The van der Waals surface area contributed by atoms with Gasteiger partial charge in [0.25, 0.3) is 5.91 Å². The Balaban J connectivity index is 1.55. The quantitative estimate of drug-likeness (QED) is 0.354. The standard InChI is InChI=1S/C27H29BrN2O3S/c1-3-19(2)30(27(32)20-8-7-9-21(28)16-20)17-26(31)29-14-12-25-23(13-15-34-25)24(29)18-33-22-10-5-4-6-11-22/h4-11,13,15-16,19,24H,3,12,14,17-18H2,1-2H3. The van der Waals surface area contributed by atoms with Gasteiger partial charge in [-0.15, -0.1) is 11.3 Å². The Hall–Kier alpha value is -2.64. The van der Waals surface area contributed by atoms with E-state index in [1.165, 1.54) is 4.88 Å². The van der Waals surface area contributed by atoms with Crippen LogP contribution in [-0.4, -0.2) is 47.4 Å². The first-order valence-electron chi connectivity index (χ1n) is 11.6. The SMILES string of the molecule is CCC(C)N(CC(=O)N1CCc2sccc2C1COc1ccccc1)C(=O)c1cccc(Br)c1. The molecule has 0 radical (unpaired) electrons. The van der Waals surface area contributed by atoms with Gasteiger partial charge < -0.3 is 14.5 Å². The number of nitrogens with zero attached hydrogens (tertiary/aromatic N) is 2. The summed E-state index contributed by atoms with van der Waals surface area (Å²) in [5.74, 6) is 0.597. The maximum absolute atomic E-state index is 13.7. The van der Waals surface area contributed by atoms with Gasteiger partial charge in [-0.3, -0.25) is 9.59 Å². The van der Waals surface area contributed by atoms with Crippen LogP contribution in [0.25, 0.3) is 0 Å². The minimum Gasteiger partial charge on any atom is -0.491 e. The summed E-state index contributed by atoms with van der Waals surface area (Å²) in [7, 11) is 0. The van der Waals surface area contributed by atoms with Gasteiger partial charge in [0.1, 0.15) is 18.9 Å². The number of hydrogen-bond acceptors (Lipinski definition) is 4. The van der Waals surface area contributed by atoms with Crippen molar-refractivity contribution in [2.24, 2.45) is 0 Å². The highest BCUT2D eigenvalue weighted by molar-refractivity contribution is 9.10. The zero-order valence-electron chi connectivity index (χ0n) is 19.4. The first-order chi connectivity index (χ1) is 16.5. The van der Waals surface area contributed by atoms with Crippen LogP contribution < -0.4 is 4.74 Å². The van der Waals surface area contributed by atoms with Crippen molar-refractivity contribution in [3.63, 3.8) is 0 Å². The third kappa shape index (κ3) is 5.53. The maximum Gasteiger partial charge on any atom is 0.254 e. The molecular formula is C27H29BrN2O3S. The number of halogens is 1. The first-order valence-corrected chi connectivity index (χ1v) is 13.2. The predicted octanol–water partition coefficient (Wildman–Crippen LogP) is 5.96. The average molecular weight is 542 g/mol. The molecule has 0 N–H and O–H groups in total. The third-order valence-electron chi connectivity index (χ3n) is 6.33. The third-order valence-corrected chi connectivity index (χ3v) is 7.82. The Bertz CT molecular complexity index is 1130. The molecule has 1 aliphatic rings. The van der Waals surface area contributed by atoms with Gasteiger partial charge in [0, 0.05) is 27.5 Å². The van der Waals surface area contributed by atoms with E-state index in [-0.39, 0.29) is 30.4 Å². The smallest absolute Gasteiger partial charge is 0.254 e. The summed E-state index contributed by atoms with van der Waals surface area (Å²) < 4.78 is 6.92. The molecule has 2 aromatic carbocycles. The van der Waals surface area contributed by atoms with Crippen LogP contribution in [0.2, 0.25) is 0 Å². The van der Waals surface area contributed by atoms with Crippen molar-refractivity contribution in [3.05, 3.63) is 86.5 Å². The van der Waals surface area contributed by atoms with Crippen molar-refractivity contribution in [1.29, 1.82) is 0 Å². The van der Waals surface area contributed by atoms with E-state index in [4.69, 9.17) is 4.74 Å². The second-order valence-electron chi connectivity index (χ2n) is 8.48. The van der Waals surface area contributed by atoms with Crippen molar-refractivity contribution in [1.82, 2.24) is 9.80 Å². The lowest BCUT2D eigenvalue weighted by Gasteiger charge is -2.38. The zero-order chi connectivity index (χ0) is 24.1. The van der Waals surface area contributed by atoms with E-state index in [1.807, 2.05) is 61.2 Å². The number of carbonyl (C=O) groups is 2. The number of benzene rings is 2. The second-order valence-corrected chi connectivity index (χ2v) is 10.4. The highest BCUT2D eigenvalue weighted by Gasteiger charge is 2.34. The molecule has 7 heteroatoms.